The molecule has 0 bridgehead atoms. The van der Waals surface area contributed by atoms with Crippen molar-refractivity contribution in [2.24, 2.45) is 5.73 Å². The van der Waals surface area contributed by atoms with Crippen molar-refractivity contribution in [3.8, 4) is 0 Å². The first-order chi connectivity index (χ1) is 9.99. The molecule has 0 aromatic heterocycles. The molecule has 0 saturated heterocycles. The van der Waals surface area contributed by atoms with E-state index >= 15 is 0 Å². The van der Waals surface area contributed by atoms with Crippen LogP contribution in [0.1, 0.15) is 18.1 Å². The lowest BCUT2D eigenvalue weighted by molar-refractivity contribution is 0.607. The largest absolute Gasteiger partial charge is 0.370 e. The SMILES string of the molecule is CC(N)Cc1c(Cl)cccc1N(C)Cc1ccccc1F. The molecular weight excluding hydrogens is 287 g/mol. The molecule has 2 aromatic rings. The number of rotatable bonds is 5. The highest BCUT2D eigenvalue weighted by Gasteiger charge is 2.14. The topological polar surface area (TPSA) is 29.3 Å². The van der Waals surface area contributed by atoms with E-state index in [4.69, 9.17) is 17.3 Å². The summed E-state index contributed by atoms with van der Waals surface area (Å²) >= 11 is 6.30. The van der Waals surface area contributed by atoms with E-state index in [1.807, 2.05) is 43.1 Å². The second-order valence-corrected chi connectivity index (χ2v) is 5.77. The Morgan fingerprint density at radius 3 is 2.57 bits per heavy atom. The average Bonchev–Trinajstić information content (AvgIpc) is 2.43. The third-order valence-electron chi connectivity index (χ3n) is 3.40. The summed E-state index contributed by atoms with van der Waals surface area (Å²) in [6, 6.07) is 12.6. The Balaban J connectivity index is 2.29. The van der Waals surface area contributed by atoms with Crippen molar-refractivity contribution >= 4 is 17.3 Å². The van der Waals surface area contributed by atoms with E-state index in [2.05, 4.69) is 0 Å². The van der Waals surface area contributed by atoms with Gasteiger partial charge in [-0.2, -0.15) is 0 Å². The number of hydrogen-bond acceptors (Lipinski definition) is 2. The minimum Gasteiger partial charge on any atom is -0.370 e. The van der Waals surface area contributed by atoms with Crippen LogP contribution in [0.25, 0.3) is 0 Å². The van der Waals surface area contributed by atoms with Crippen molar-refractivity contribution in [1.82, 2.24) is 0 Å². The van der Waals surface area contributed by atoms with E-state index in [9.17, 15) is 4.39 Å². The Labute approximate surface area is 130 Å². The van der Waals surface area contributed by atoms with Gasteiger partial charge < -0.3 is 10.6 Å². The molecule has 0 amide bonds. The predicted molar refractivity (Wildman–Crippen MR) is 87.3 cm³/mol. The van der Waals surface area contributed by atoms with Gasteiger partial charge in [0.15, 0.2) is 0 Å². The Morgan fingerprint density at radius 1 is 1.19 bits per heavy atom. The van der Waals surface area contributed by atoms with Gasteiger partial charge in [-0.25, -0.2) is 4.39 Å². The molecule has 2 N–H and O–H groups in total. The van der Waals surface area contributed by atoms with Crippen LogP contribution in [-0.2, 0) is 13.0 Å². The molecule has 2 nitrogen and oxygen atoms in total. The third kappa shape index (κ3) is 3.96. The van der Waals surface area contributed by atoms with Crippen LogP contribution in [0.15, 0.2) is 42.5 Å². The number of nitrogens with two attached hydrogens (primary N) is 1. The van der Waals surface area contributed by atoms with Crippen LogP contribution in [0.5, 0.6) is 0 Å². The van der Waals surface area contributed by atoms with Gasteiger partial charge in [-0.1, -0.05) is 35.9 Å². The van der Waals surface area contributed by atoms with Crippen molar-refractivity contribution in [3.05, 3.63) is 64.4 Å². The second-order valence-electron chi connectivity index (χ2n) is 5.37. The summed E-state index contributed by atoms with van der Waals surface area (Å²) in [4.78, 5) is 2.00. The Kier molecular flexibility index (Phi) is 5.21. The van der Waals surface area contributed by atoms with Crippen LogP contribution in [0, 0.1) is 5.82 Å². The molecule has 4 heteroatoms. The van der Waals surface area contributed by atoms with Crippen LogP contribution >= 0.6 is 11.6 Å². The molecule has 0 aliphatic rings. The van der Waals surface area contributed by atoms with Gasteiger partial charge in [0.2, 0.25) is 0 Å². The van der Waals surface area contributed by atoms with Crippen molar-refractivity contribution in [1.29, 1.82) is 0 Å². The van der Waals surface area contributed by atoms with E-state index in [1.54, 1.807) is 12.1 Å². The molecule has 1 unspecified atom stereocenters. The minimum absolute atomic E-state index is 0.0190. The molecule has 0 saturated carbocycles. The zero-order chi connectivity index (χ0) is 15.4. The van der Waals surface area contributed by atoms with Crippen LogP contribution in [0.4, 0.5) is 10.1 Å². The number of halogens is 2. The summed E-state index contributed by atoms with van der Waals surface area (Å²) < 4.78 is 13.8. The van der Waals surface area contributed by atoms with Crippen LogP contribution < -0.4 is 10.6 Å². The predicted octanol–water partition coefficient (Wildman–Crippen LogP) is 4.01. The minimum atomic E-state index is -0.194. The molecule has 0 aliphatic carbocycles. The second kappa shape index (κ2) is 6.92. The molecule has 21 heavy (non-hydrogen) atoms. The van der Waals surface area contributed by atoms with Gasteiger partial charge in [0.1, 0.15) is 5.82 Å². The van der Waals surface area contributed by atoms with E-state index in [0.29, 0.717) is 23.6 Å². The van der Waals surface area contributed by atoms with Gasteiger partial charge in [-0.05, 0) is 37.1 Å². The van der Waals surface area contributed by atoms with Gasteiger partial charge in [-0.3, -0.25) is 0 Å². The molecule has 112 valence electrons. The monoisotopic (exact) mass is 306 g/mol. The normalized spacial score (nSPS) is 12.2. The maximum absolute atomic E-state index is 13.8. The zero-order valence-corrected chi connectivity index (χ0v) is 13.1. The Morgan fingerprint density at radius 2 is 1.90 bits per heavy atom. The summed E-state index contributed by atoms with van der Waals surface area (Å²) in [6.45, 7) is 2.43. The van der Waals surface area contributed by atoms with Crippen molar-refractivity contribution < 1.29 is 4.39 Å². The number of benzene rings is 2. The summed E-state index contributed by atoms with van der Waals surface area (Å²) in [7, 11) is 1.93. The lowest BCUT2D eigenvalue weighted by Crippen LogP contribution is -2.23. The molecule has 0 fully saturated rings. The van der Waals surface area contributed by atoms with Gasteiger partial charge in [-0.15, -0.1) is 0 Å². The molecule has 2 aromatic carbocycles. The quantitative estimate of drug-likeness (QED) is 0.904. The first-order valence-corrected chi connectivity index (χ1v) is 7.34. The maximum Gasteiger partial charge on any atom is 0.128 e. The summed E-state index contributed by atoms with van der Waals surface area (Å²) in [5.41, 5.74) is 8.56. The molecule has 0 radical (unpaired) electrons. The number of anilines is 1. The van der Waals surface area contributed by atoms with Gasteiger partial charge in [0.25, 0.3) is 0 Å². The van der Waals surface area contributed by atoms with Gasteiger partial charge >= 0.3 is 0 Å². The van der Waals surface area contributed by atoms with Gasteiger partial charge in [0, 0.05) is 35.9 Å². The first-order valence-electron chi connectivity index (χ1n) is 6.96. The fraction of sp³-hybridized carbons (Fsp3) is 0.294. The maximum atomic E-state index is 13.8. The lowest BCUT2D eigenvalue weighted by atomic mass is 10.0. The van der Waals surface area contributed by atoms with Crippen LogP contribution in [0.3, 0.4) is 0 Å². The number of nitrogens with zero attached hydrogens (tertiary/aromatic N) is 1. The Bertz CT molecular complexity index is 613. The van der Waals surface area contributed by atoms with E-state index < -0.39 is 0 Å². The molecular formula is C17H20ClFN2. The fourth-order valence-corrected chi connectivity index (χ4v) is 2.64. The molecule has 0 heterocycles. The smallest absolute Gasteiger partial charge is 0.128 e. The third-order valence-corrected chi connectivity index (χ3v) is 3.75. The average molecular weight is 307 g/mol. The van der Waals surface area contributed by atoms with E-state index in [-0.39, 0.29) is 11.9 Å². The first kappa shape index (κ1) is 15.8. The Hall–Kier alpha value is -1.58. The molecule has 0 aliphatic heterocycles. The van der Waals surface area contributed by atoms with Gasteiger partial charge in [0.05, 0.1) is 0 Å². The zero-order valence-electron chi connectivity index (χ0n) is 12.3. The molecule has 2 rings (SSSR count). The number of hydrogen-bond donors (Lipinski definition) is 1. The molecule has 0 spiro atoms. The lowest BCUT2D eigenvalue weighted by Gasteiger charge is -2.24. The van der Waals surface area contributed by atoms with Crippen molar-refractivity contribution in [2.75, 3.05) is 11.9 Å². The van der Waals surface area contributed by atoms with E-state index in [1.165, 1.54) is 6.07 Å². The van der Waals surface area contributed by atoms with Crippen molar-refractivity contribution in [2.45, 2.75) is 25.9 Å². The van der Waals surface area contributed by atoms with Crippen LogP contribution in [0.2, 0.25) is 5.02 Å². The summed E-state index contributed by atoms with van der Waals surface area (Å²) in [6.07, 6.45) is 0.691. The fourth-order valence-electron chi connectivity index (χ4n) is 2.40. The highest BCUT2D eigenvalue weighted by molar-refractivity contribution is 6.31. The summed E-state index contributed by atoms with van der Waals surface area (Å²) in [5.74, 6) is -0.194. The standard InChI is InChI=1S/C17H20ClFN2/c1-12(20)10-14-15(18)7-5-9-17(14)21(2)11-13-6-3-4-8-16(13)19/h3-9,12H,10-11,20H2,1-2H3. The highest BCUT2D eigenvalue weighted by atomic mass is 35.5. The summed E-state index contributed by atoms with van der Waals surface area (Å²) in [5, 5.41) is 0.699. The van der Waals surface area contributed by atoms with E-state index in [0.717, 1.165) is 11.3 Å². The van der Waals surface area contributed by atoms with Crippen molar-refractivity contribution in [3.63, 3.8) is 0 Å². The van der Waals surface area contributed by atoms with Crippen LogP contribution in [-0.4, -0.2) is 13.1 Å². The molecule has 1 atom stereocenters. The highest BCUT2D eigenvalue weighted by Crippen LogP contribution is 2.29.